The van der Waals surface area contributed by atoms with Crippen LogP contribution in [0.3, 0.4) is 0 Å². The normalized spacial score (nSPS) is 38.2. The van der Waals surface area contributed by atoms with Gasteiger partial charge in [-0.15, -0.1) is 0 Å². The average molecular weight is 621 g/mol. The van der Waals surface area contributed by atoms with E-state index in [1.165, 1.54) is 0 Å². The van der Waals surface area contributed by atoms with Gasteiger partial charge in [-0.1, -0.05) is 32.4 Å². The summed E-state index contributed by atoms with van der Waals surface area (Å²) >= 11 is 0. The maximum atomic E-state index is 12.4. The van der Waals surface area contributed by atoms with E-state index in [-0.39, 0.29) is 48.1 Å². The lowest BCUT2D eigenvalue weighted by Crippen LogP contribution is -2.62. The quantitative estimate of drug-likeness (QED) is 0.251. The topological polar surface area (TPSA) is 182 Å². The molecule has 0 aromatic rings. The Bertz CT molecular complexity index is 1250. The molecule has 0 aromatic carbocycles. The highest BCUT2D eigenvalue weighted by Crippen LogP contribution is 2.67. The van der Waals surface area contributed by atoms with Crippen LogP contribution < -0.4 is 0 Å². The van der Waals surface area contributed by atoms with Crippen molar-refractivity contribution in [2.75, 3.05) is 32.3 Å². The van der Waals surface area contributed by atoms with Crippen molar-refractivity contribution >= 4 is 31.8 Å². The van der Waals surface area contributed by atoms with Crippen LogP contribution in [0.1, 0.15) is 59.3 Å². The van der Waals surface area contributed by atoms with E-state index in [1.54, 1.807) is 12.2 Å². The standard InChI is InChI=1S/C22H30O5.C6H14O6S2/c1-12-8-14-15-5-7-22(27,18(26)11-23)21(15,3)10-17(25)19(14)20(2)6-4-13(24)9-16(12)20;1-13(7,8)11-5-3-4-6-12-14(2,9)10/h4,6,9,12,14-15,17,19,23,25,27H,5,7-8,10-11H2,1-3H3;3-6H2,1-2H3/t12-,14-,15-,17-,19+,20-,21-,22-;/m0./s1. The molecule has 0 aliphatic heterocycles. The highest BCUT2D eigenvalue weighted by atomic mass is 32.2. The molecule has 8 atom stereocenters. The molecule has 0 spiro atoms. The Hall–Kier alpha value is -1.48. The Morgan fingerprint density at radius 1 is 1.07 bits per heavy atom. The van der Waals surface area contributed by atoms with E-state index in [4.69, 9.17) is 0 Å². The molecule has 0 amide bonds. The SMILES string of the molecule is CS(=O)(=O)OCCCCOS(C)(=O)=O.C[C@H]1C[C@@H]2[C@H]([C@@H](O)C[C@@]3(C)[C@H]2CC[C@]3(O)C(=O)CO)[C@@]2(C)C=CC(=O)C=C12. The fourth-order valence-corrected chi connectivity index (χ4v) is 8.81. The zero-order valence-corrected chi connectivity index (χ0v) is 26.0. The van der Waals surface area contributed by atoms with Crippen molar-refractivity contribution in [3.05, 3.63) is 23.8 Å². The second-order valence-electron chi connectivity index (χ2n) is 12.5. The van der Waals surface area contributed by atoms with Gasteiger partial charge in [0.15, 0.2) is 11.6 Å². The van der Waals surface area contributed by atoms with Gasteiger partial charge in [-0.3, -0.25) is 18.0 Å². The van der Waals surface area contributed by atoms with E-state index < -0.39 is 49.7 Å². The number of fused-ring (bicyclic) bond motifs is 5. The maximum Gasteiger partial charge on any atom is 0.264 e. The number of carbonyl (C=O) groups excluding carboxylic acids is 2. The summed E-state index contributed by atoms with van der Waals surface area (Å²) < 4.78 is 50.8. The average Bonchev–Trinajstić information content (AvgIpc) is 3.12. The van der Waals surface area contributed by atoms with Crippen molar-refractivity contribution in [3.63, 3.8) is 0 Å². The minimum absolute atomic E-state index is 0.00620. The number of hydrogen-bond donors (Lipinski definition) is 3. The first-order chi connectivity index (χ1) is 18.8. The molecule has 0 aromatic heterocycles. The third-order valence-electron chi connectivity index (χ3n) is 9.71. The molecule has 4 aliphatic rings. The number of aliphatic hydroxyl groups excluding tert-OH is 2. The first-order valence-corrected chi connectivity index (χ1v) is 17.6. The minimum Gasteiger partial charge on any atom is -0.393 e. The zero-order valence-electron chi connectivity index (χ0n) is 24.4. The molecule has 3 saturated carbocycles. The summed E-state index contributed by atoms with van der Waals surface area (Å²) in [6, 6.07) is 0. The number of hydrogen-bond acceptors (Lipinski definition) is 11. The van der Waals surface area contributed by atoms with Gasteiger partial charge in [0.05, 0.1) is 31.8 Å². The van der Waals surface area contributed by atoms with E-state index in [1.807, 2.05) is 13.0 Å². The summed E-state index contributed by atoms with van der Waals surface area (Å²) in [6.07, 6.45) is 9.65. The van der Waals surface area contributed by atoms with Gasteiger partial charge in [0.2, 0.25) is 0 Å². The van der Waals surface area contributed by atoms with Gasteiger partial charge < -0.3 is 15.3 Å². The van der Waals surface area contributed by atoms with Crippen LogP contribution in [-0.4, -0.2) is 87.8 Å². The third kappa shape index (κ3) is 7.02. The number of Topliss-reactive ketones (excluding diaryl/α,β-unsaturated/α-hetero) is 1. The summed E-state index contributed by atoms with van der Waals surface area (Å²) in [5.74, 6) is -0.0768. The Morgan fingerprint density at radius 3 is 2.15 bits per heavy atom. The van der Waals surface area contributed by atoms with Crippen LogP contribution in [-0.2, 0) is 38.2 Å². The molecule has 4 aliphatic carbocycles. The molecule has 0 saturated heterocycles. The van der Waals surface area contributed by atoms with Crippen molar-refractivity contribution in [2.24, 2.45) is 34.5 Å². The molecule has 0 heterocycles. The Kier molecular flexibility index (Phi) is 10.2. The molecule has 3 fully saturated rings. The van der Waals surface area contributed by atoms with Gasteiger partial charge >= 0.3 is 0 Å². The van der Waals surface area contributed by atoms with Crippen LogP contribution in [0, 0.1) is 34.5 Å². The van der Waals surface area contributed by atoms with Gasteiger partial charge in [-0.25, -0.2) is 0 Å². The predicted octanol–water partition coefficient (Wildman–Crippen LogP) is 1.52. The third-order valence-corrected chi connectivity index (χ3v) is 10.9. The van der Waals surface area contributed by atoms with Gasteiger partial charge in [-0.05, 0) is 68.4 Å². The number of aliphatic hydroxyl groups is 3. The number of allylic oxidation sites excluding steroid dienone is 4. The van der Waals surface area contributed by atoms with Crippen molar-refractivity contribution in [3.8, 4) is 0 Å². The number of ketones is 2. The molecule has 0 unspecified atom stereocenters. The smallest absolute Gasteiger partial charge is 0.264 e. The van der Waals surface area contributed by atoms with Gasteiger partial charge in [0, 0.05) is 16.7 Å². The van der Waals surface area contributed by atoms with E-state index in [2.05, 4.69) is 22.2 Å². The van der Waals surface area contributed by atoms with Gasteiger partial charge in [0.25, 0.3) is 20.2 Å². The van der Waals surface area contributed by atoms with Crippen LogP contribution in [0.5, 0.6) is 0 Å². The monoisotopic (exact) mass is 620 g/mol. The Balaban J connectivity index is 0.000000282. The second kappa shape index (κ2) is 12.3. The molecule has 13 heteroatoms. The summed E-state index contributed by atoms with van der Waals surface area (Å²) in [7, 11) is -6.80. The molecule has 11 nitrogen and oxygen atoms in total. The van der Waals surface area contributed by atoms with E-state index in [0.29, 0.717) is 25.7 Å². The highest BCUT2D eigenvalue weighted by Gasteiger charge is 2.68. The number of carbonyl (C=O) groups is 2. The van der Waals surface area contributed by atoms with Crippen LogP contribution in [0.4, 0.5) is 0 Å². The van der Waals surface area contributed by atoms with Crippen LogP contribution >= 0.6 is 0 Å². The van der Waals surface area contributed by atoms with Crippen LogP contribution in [0.25, 0.3) is 0 Å². The molecule has 4 rings (SSSR count). The lowest BCUT2D eigenvalue weighted by molar-refractivity contribution is -0.180. The molecule has 3 N–H and O–H groups in total. The molecule has 41 heavy (non-hydrogen) atoms. The summed E-state index contributed by atoms with van der Waals surface area (Å²) in [6.45, 7) is 5.58. The lowest BCUT2D eigenvalue weighted by Gasteiger charge is -2.60. The number of rotatable bonds is 9. The fraction of sp³-hybridized carbons (Fsp3) is 0.786. The summed E-state index contributed by atoms with van der Waals surface area (Å²) in [5.41, 5.74) is -1.59. The lowest BCUT2D eigenvalue weighted by atomic mass is 9.45. The summed E-state index contributed by atoms with van der Waals surface area (Å²) in [5, 5.41) is 31.9. The predicted molar refractivity (Wildman–Crippen MR) is 150 cm³/mol. The van der Waals surface area contributed by atoms with E-state index >= 15 is 0 Å². The molecular formula is C28H44O11S2. The largest absolute Gasteiger partial charge is 0.393 e. The minimum atomic E-state index is -3.40. The molecule has 234 valence electrons. The van der Waals surface area contributed by atoms with Crippen molar-refractivity contribution in [1.82, 2.24) is 0 Å². The summed E-state index contributed by atoms with van der Waals surface area (Å²) in [4.78, 5) is 24.4. The maximum absolute atomic E-state index is 12.4. The first-order valence-electron chi connectivity index (χ1n) is 14.0. The van der Waals surface area contributed by atoms with Crippen LogP contribution in [0.2, 0.25) is 0 Å². The number of unbranched alkanes of at least 4 members (excludes halogenated alkanes) is 1. The fourth-order valence-electron chi connectivity index (χ4n) is 7.97. The van der Waals surface area contributed by atoms with Crippen LogP contribution in [0.15, 0.2) is 23.8 Å². The zero-order chi connectivity index (χ0) is 31.0. The Labute approximate surface area is 243 Å². The molecule has 0 bridgehead atoms. The van der Waals surface area contributed by atoms with Crippen molar-refractivity contribution in [1.29, 1.82) is 0 Å². The molecular weight excluding hydrogens is 576 g/mol. The van der Waals surface area contributed by atoms with E-state index in [9.17, 15) is 41.7 Å². The highest BCUT2D eigenvalue weighted by molar-refractivity contribution is 7.86. The van der Waals surface area contributed by atoms with Gasteiger partial charge in [-0.2, -0.15) is 16.8 Å². The van der Waals surface area contributed by atoms with E-state index in [0.717, 1.165) is 30.9 Å². The second-order valence-corrected chi connectivity index (χ2v) is 15.8. The van der Waals surface area contributed by atoms with Crippen molar-refractivity contribution in [2.45, 2.75) is 71.0 Å². The van der Waals surface area contributed by atoms with Gasteiger partial charge in [0.1, 0.15) is 12.2 Å². The van der Waals surface area contributed by atoms with Crippen molar-refractivity contribution < 1.29 is 50.1 Å². The Morgan fingerprint density at radius 2 is 1.63 bits per heavy atom. The molecule has 0 radical (unpaired) electrons. The first kappa shape index (κ1) is 34.0.